The van der Waals surface area contributed by atoms with Gasteiger partial charge in [-0.1, -0.05) is 18.2 Å². The molecule has 1 heterocycles. The number of nitrogens with zero attached hydrogens (tertiary/aromatic N) is 1. The summed E-state index contributed by atoms with van der Waals surface area (Å²) in [5, 5.41) is 0. The van der Waals surface area contributed by atoms with Crippen molar-refractivity contribution in [2.45, 2.75) is 10.0 Å². The first-order chi connectivity index (χ1) is 9.50. The van der Waals surface area contributed by atoms with E-state index in [1.807, 2.05) is 0 Å². The van der Waals surface area contributed by atoms with Crippen molar-refractivity contribution in [1.82, 2.24) is 4.98 Å². The molecule has 0 fully saturated rings. The summed E-state index contributed by atoms with van der Waals surface area (Å²) >= 11 is 1.07. The molecular weight excluding hydrogens is 379 g/mol. The zero-order valence-corrected chi connectivity index (χ0v) is 12.8. The quantitative estimate of drug-likeness (QED) is 0.565. The Kier molecular flexibility index (Phi) is 4.74. The minimum atomic E-state index is -3.07. The fraction of sp³-hybridized carbons (Fsp3) is 0.214. The average Bonchev–Trinajstić information content (AvgIpc) is 2.45. The number of halogens is 3. The Morgan fingerprint density at radius 2 is 1.85 bits per heavy atom. The second kappa shape index (κ2) is 6.34. The molecule has 0 saturated carbocycles. The summed E-state index contributed by atoms with van der Waals surface area (Å²) < 4.78 is 34.8. The molecule has 0 bridgehead atoms. The number of ether oxygens (including phenoxy) is 2. The zero-order valence-electron chi connectivity index (χ0n) is 10.6. The van der Waals surface area contributed by atoms with Gasteiger partial charge < -0.3 is 9.47 Å². The molecule has 1 aromatic heterocycles. The van der Waals surface area contributed by atoms with Gasteiger partial charge in [-0.2, -0.15) is 8.78 Å². The van der Waals surface area contributed by atoms with Crippen molar-refractivity contribution < 1.29 is 18.3 Å². The van der Waals surface area contributed by atoms with Crippen LogP contribution in [0.5, 0.6) is 11.6 Å². The van der Waals surface area contributed by atoms with Crippen molar-refractivity contribution in [3.63, 3.8) is 0 Å². The number of hydrogen-bond acceptors (Lipinski definition) is 3. The molecule has 0 aliphatic rings. The largest absolute Gasteiger partial charge is 0.497 e. The van der Waals surface area contributed by atoms with Gasteiger partial charge in [0.1, 0.15) is 5.75 Å². The van der Waals surface area contributed by atoms with Crippen molar-refractivity contribution >= 4 is 22.6 Å². The van der Waals surface area contributed by atoms with Crippen LogP contribution in [-0.4, -0.2) is 16.0 Å². The van der Waals surface area contributed by atoms with Gasteiger partial charge in [-0.3, -0.25) is 0 Å². The van der Waals surface area contributed by atoms with E-state index >= 15 is 0 Å². The maximum Gasteiger partial charge on any atom is 0.336 e. The van der Waals surface area contributed by atoms with Crippen LogP contribution in [0.25, 0.3) is 0 Å². The lowest BCUT2D eigenvalue weighted by Gasteiger charge is -2.23. The first-order valence-corrected chi connectivity index (χ1v) is 6.87. The highest BCUT2D eigenvalue weighted by Crippen LogP contribution is 2.40. The van der Waals surface area contributed by atoms with Gasteiger partial charge >= 0.3 is 3.93 Å². The molecule has 0 saturated heterocycles. The lowest BCUT2D eigenvalue weighted by Crippen LogP contribution is -2.24. The summed E-state index contributed by atoms with van der Waals surface area (Å²) in [6.07, 6.45) is 0.0788. The van der Waals surface area contributed by atoms with Crippen molar-refractivity contribution in [3.05, 3.63) is 54.2 Å². The fourth-order valence-electron chi connectivity index (χ4n) is 1.64. The lowest BCUT2D eigenvalue weighted by molar-refractivity contribution is -0.00729. The van der Waals surface area contributed by atoms with E-state index in [9.17, 15) is 8.78 Å². The summed E-state index contributed by atoms with van der Waals surface area (Å²) in [4.78, 5) is 3.91. The highest BCUT2D eigenvalue weighted by Gasteiger charge is 2.40. The minimum absolute atomic E-state index is 0.157. The van der Waals surface area contributed by atoms with E-state index in [-0.39, 0.29) is 5.88 Å². The van der Waals surface area contributed by atoms with E-state index in [1.165, 1.54) is 13.3 Å². The second-order valence-corrected chi connectivity index (χ2v) is 5.42. The Morgan fingerprint density at radius 3 is 2.35 bits per heavy atom. The van der Waals surface area contributed by atoms with Crippen LogP contribution in [0.1, 0.15) is 11.7 Å². The van der Waals surface area contributed by atoms with Gasteiger partial charge in [0, 0.05) is 34.9 Å². The third-order valence-electron chi connectivity index (χ3n) is 2.59. The van der Waals surface area contributed by atoms with E-state index in [1.54, 1.807) is 42.5 Å². The number of pyridine rings is 1. The molecule has 106 valence electrons. The molecule has 6 heteroatoms. The summed E-state index contributed by atoms with van der Waals surface area (Å²) in [5.41, 5.74) is 0.357. The van der Waals surface area contributed by atoms with Crippen LogP contribution in [0.3, 0.4) is 0 Å². The second-order valence-electron chi connectivity index (χ2n) is 3.98. The van der Waals surface area contributed by atoms with E-state index in [0.29, 0.717) is 11.3 Å². The van der Waals surface area contributed by atoms with Crippen LogP contribution < -0.4 is 9.47 Å². The molecule has 2 rings (SSSR count). The molecule has 1 atom stereocenters. The molecule has 0 aliphatic heterocycles. The molecule has 0 amide bonds. The van der Waals surface area contributed by atoms with E-state index in [2.05, 4.69) is 4.98 Å². The Balaban J connectivity index is 2.28. The predicted molar refractivity (Wildman–Crippen MR) is 79.6 cm³/mol. The van der Waals surface area contributed by atoms with Gasteiger partial charge in [0.25, 0.3) is 0 Å². The SMILES string of the molecule is COc1ccc([C@@H](Oc2ccccn2)C(F)(F)I)cc1. The summed E-state index contributed by atoms with van der Waals surface area (Å²) in [5.74, 6) is 0.756. The molecular formula is C14H12F2INO2. The zero-order chi connectivity index (χ0) is 14.6. The number of alkyl halides is 3. The number of hydrogen-bond donors (Lipinski definition) is 0. The Bertz CT molecular complexity index is 543. The standard InChI is InChI=1S/C14H12F2INO2/c1-19-11-7-5-10(6-8-11)13(14(15,16)17)20-12-4-2-3-9-18-12/h2-9,13H,1H3/t13-/m1/s1. The third-order valence-corrected chi connectivity index (χ3v) is 3.16. The monoisotopic (exact) mass is 391 g/mol. The highest BCUT2D eigenvalue weighted by molar-refractivity contribution is 14.1. The van der Waals surface area contributed by atoms with Gasteiger partial charge in [-0.15, -0.1) is 0 Å². The lowest BCUT2D eigenvalue weighted by atomic mass is 10.1. The maximum absolute atomic E-state index is 13.7. The van der Waals surface area contributed by atoms with Gasteiger partial charge in [0.05, 0.1) is 7.11 Å². The predicted octanol–water partition coefficient (Wildman–Crippen LogP) is 4.24. The normalized spacial score (nSPS) is 12.8. The molecule has 0 spiro atoms. The first kappa shape index (κ1) is 15.0. The third kappa shape index (κ3) is 3.78. The van der Waals surface area contributed by atoms with Crippen LogP contribution in [0.2, 0.25) is 0 Å². The topological polar surface area (TPSA) is 31.4 Å². The molecule has 1 aromatic carbocycles. The van der Waals surface area contributed by atoms with Crippen LogP contribution in [0, 0.1) is 0 Å². The van der Waals surface area contributed by atoms with Crippen LogP contribution in [0.4, 0.5) is 8.78 Å². The molecule has 0 radical (unpaired) electrons. The fourth-order valence-corrected chi connectivity index (χ4v) is 2.13. The minimum Gasteiger partial charge on any atom is -0.497 e. The molecule has 0 aliphatic carbocycles. The van der Waals surface area contributed by atoms with E-state index in [0.717, 1.165) is 22.6 Å². The van der Waals surface area contributed by atoms with E-state index in [4.69, 9.17) is 9.47 Å². The Morgan fingerprint density at radius 1 is 1.15 bits per heavy atom. The molecule has 0 N–H and O–H groups in total. The number of aromatic nitrogens is 1. The first-order valence-electron chi connectivity index (χ1n) is 5.79. The van der Waals surface area contributed by atoms with Gasteiger partial charge in [-0.05, 0) is 23.8 Å². The van der Waals surface area contributed by atoms with Crippen LogP contribution >= 0.6 is 22.6 Å². The van der Waals surface area contributed by atoms with Crippen molar-refractivity contribution in [2.75, 3.05) is 7.11 Å². The van der Waals surface area contributed by atoms with Crippen molar-refractivity contribution in [3.8, 4) is 11.6 Å². The number of rotatable bonds is 5. The van der Waals surface area contributed by atoms with Gasteiger partial charge in [0.15, 0.2) is 6.10 Å². The van der Waals surface area contributed by atoms with E-state index < -0.39 is 10.0 Å². The Hall–Kier alpha value is -1.44. The maximum atomic E-state index is 13.7. The van der Waals surface area contributed by atoms with Gasteiger partial charge in [0.2, 0.25) is 5.88 Å². The smallest absolute Gasteiger partial charge is 0.336 e. The average molecular weight is 391 g/mol. The molecule has 0 unspecified atom stereocenters. The van der Waals surface area contributed by atoms with Crippen molar-refractivity contribution in [2.24, 2.45) is 0 Å². The van der Waals surface area contributed by atoms with Crippen LogP contribution in [0.15, 0.2) is 48.7 Å². The highest BCUT2D eigenvalue weighted by atomic mass is 127. The van der Waals surface area contributed by atoms with Crippen LogP contribution in [-0.2, 0) is 0 Å². The summed E-state index contributed by atoms with van der Waals surface area (Å²) in [6.45, 7) is 0. The molecule has 20 heavy (non-hydrogen) atoms. The van der Waals surface area contributed by atoms with Gasteiger partial charge in [-0.25, -0.2) is 4.98 Å². The Labute approximate surface area is 129 Å². The number of benzene rings is 1. The summed E-state index contributed by atoms with van der Waals surface area (Å²) in [7, 11) is 1.52. The summed E-state index contributed by atoms with van der Waals surface area (Å²) in [6, 6.07) is 11.3. The van der Waals surface area contributed by atoms with Crippen molar-refractivity contribution in [1.29, 1.82) is 0 Å². The number of methoxy groups -OCH3 is 1. The molecule has 3 nitrogen and oxygen atoms in total. The molecule has 2 aromatic rings.